The molecule has 2 aliphatic rings. The van der Waals surface area contributed by atoms with E-state index in [9.17, 15) is 9.90 Å². The van der Waals surface area contributed by atoms with Crippen LogP contribution in [-0.4, -0.2) is 28.4 Å². The van der Waals surface area contributed by atoms with E-state index >= 15 is 0 Å². The number of Topliss-reactive ketones (excluding diaryl/α,β-unsaturated/α-hetero) is 1. The lowest BCUT2D eigenvalue weighted by Crippen LogP contribution is -2.27. The molecule has 3 heteroatoms. The minimum atomic E-state index is 0.0569. The first-order valence-corrected chi connectivity index (χ1v) is 7.20. The first-order valence-electron chi connectivity index (χ1n) is 7.20. The predicted molar refractivity (Wildman–Crippen MR) is 74.3 cm³/mol. The maximum absolute atomic E-state index is 11.4. The molecule has 0 amide bonds. The number of phenols is 1. The summed E-state index contributed by atoms with van der Waals surface area (Å²) in [4.78, 5) is 13.9. The summed E-state index contributed by atoms with van der Waals surface area (Å²) in [7, 11) is 0. The van der Waals surface area contributed by atoms with E-state index in [1.807, 2.05) is 6.07 Å². The second-order valence-corrected chi connectivity index (χ2v) is 6.00. The fourth-order valence-electron chi connectivity index (χ4n) is 2.56. The van der Waals surface area contributed by atoms with Crippen molar-refractivity contribution in [2.75, 3.05) is 6.54 Å². The van der Waals surface area contributed by atoms with Gasteiger partial charge in [0.05, 0.1) is 0 Å². The number of phenolic OH excluding ortho intramolecular Hbond substituents is 1. The van der Waals surface area contributed by atoms with Crippen molar-refractivity contribution in [3.05, 3.63) is 29.3 Å². The molecule has 2 fully saturated rings. The first kappa shape index (κ1) is 12.7. The molecular weight excluding hydrogens is 238 g/mol. The number of hydrogen-bond acceptors (Lipinski definition) is 3. The van der Waals surface area contributed by atoms with Crippen molar-refractivity contribution in [1.82, 2.24) is 4.90 Å². The van der Waals surface area contributed by atoms with Gasteiger partial charge in [-0.25, -0.2) is 0 Å². The summed E-state index contributed by atoms with van der Waals surface area (Å²) in [5.41, 5.74) is 1.58. The number of ketones is 1. The van der Waals surface area contributed by atoms with Crippen LogP contribution in [-0.2, 0) is 6.54 Å². The summed E-state index contributed by atoms with van der Waals surface area (Å²) in [5.74, 6) is 1.23. The Labute approximate surface area is 114 Å². The molecule has 2 aliphatic carbocycles. The van der Waals surface area contributed by atoms with E-state index in [4.69, 9.17) is 0 Å². The number of aromatic hydroxyl groups is 1. The Morgan fingerprint density at radius 3 is 2.63 bits per heavy atom. The van der Waals surface area contributed by atoms with Gasteiger partial charge in [-0.1, -0.05) is 0 Å². The molecule has 1 N–H and O–H groups in total. The van der Waals surface area contributed by atoms with Gasteiger partial charge in [-0.05, 0) is 56.7 Å². The van der Waals surface area contributed by atoms with Gasteiger partial charge in [-0.3, -0.25) is 9.69 Å². The van der Waals surface area contributed by atoms with Crippen LogP contribution in [0.15, 0.2) is 18.2 Å². The molecule has 2 saturated carbocycles. The smallest absolute Gasteiger partial charge is 0.159 e. The monoisotopic (exact) mass is 259 g/mol. The van der Waals surface area contributed by atoms with E-state index in [0.717, 1.165) is 24.6 Å². The molecule has 0 aliphatic heterocycles. The third-order valence-corrected chi connectivity index (χ3v) is 4.11. The summed E-state index contributed by atoms with van der Waals surface area (Å²) in [6, 6.07) is 5.89. The normalized spacial score (nSPS) is 18.8. The summed E-state index contributed by atoms with van der Waals surface area (Å²) in [5, 5.41) is 9.98. The number of carbonyl (C=O) groups is 1. The van der Waals surface area contributed by atoms with E-state index in [-0.39, 0.29) is 5.78 Å². The second-order valence-electron chi connectivity index (χ2n) is 6.00. The van der Waals surface area contributed by atoms with Crippen LogP contribution in [0, 0.1) is 5.92 Å². The Morgan fingerprint density at radius 2 is 2.05 bits per heavy atom. The zero-order chi connectivity index (χ0) is 13.4. The van der Waals surface area contributed by atoms with Crippen molar-refractivity contribution in [3.63, 3.8) is 0 Å². The van der Waals surface area contributed by atoms with Gasteiger partial charge in [-0.15, -0.1) is 0 Å². The zero-order valence-corrected chi connectivity index (χ0v) is 11.4. The standard InChI is InChI=1S/C16H21NO2/c1-11(18)13-4-7-16(19)14(8-13)10-17(15-5-6-15)9-12-2-3-12/h4,7-8,12,15,19H,2-3,5-6,9-10H2,1H3. The highest BCUT2D eigenvalue weighted by Gasteiger charge is 2.33. The second kappa shape index (κ2) is 4.97. The summed E-state index contributed by atoms with van der Waals surface area (Å²) < 4.78 is 0. The highest BCUT2D eigenvalue weighted by molar-refractivity contribution is 5.94. The van der Waals surface area contributed by atoms with Gasteiger partial charge in [0.1, 0.15) is 5.75 Å². The van der Waals surface area contributed by atoms with Crippen LogP contribution >= 0.6 is 0 Å². The number of nitrogens with zero attached hydrogens (tertiary/aromatic N) is 1. The third-order valence-electron chi connectivity index (χ3n) is 4.11. The molecule has 1 aromatic rings. The van der Waals surface area contributed by atoms with Crippen LogP contribution in [0.1, 0.15) is 48.5 Å². The average Bonchev–Trinajstić information content (AvgIpc) is 3.24. The quantitative estimate of drug-likeness (QED) is 0.798. The van der Waals surface area contributed by atoms with Crippen LogP contribution < -0.4 is 0 Å². The Kier molecular flexibility index (Phi) is 3.31. The average molecular weight is 259 g/mol. The Bertz CT molecular complexity index is 490. The molecule has 3 rings (SSSR count). The fraction of sp³-hybridized carbons (Fsp3) is 0.562. The summed E-state index contributed by atoms with van der Waals surface area (Å²) >= 11 is 0. The van der Waals surface area contributed by atoms with Crippen LogP contribution in [0.4, 0.5) is 0 Å². The summed E-state index contributed by atoms with van der Waals surface area (Å²) in [6.07, 6.45) is 5.26. The Balaban J connectivity index is 1.75. The highest BCUT2D eigenvalue weighted by atomic mass is 16.3. The molecule has 0 unspecified atom stereocenters. The van der Waals surface area contributed by atoms with E-state index in [1.165, 1.54) is 25.7 Å². The van der Waals surface area contributed by atoms with E-state index in [2.05, 4.69) is 4.90 Å². The lowest BCUT2D eigenvalue weighted by atomic mass is 10.1. The summed E-state index contributed by atoms with van der Waals surface area (Å²) in [6.45, 7) is 3.49. The third kappa shape index (κ3) is 3.16. The van der Waals surface area contributed by atoms with Crippen LogP contribution in [0.3, 0.4) is 0 Å². The number of benzene rings is 1. The molecule has 0 saturated heterocycles. The van der Waals surface area contributed by atoms with Crippen molar-refractivity contribution in [2.45, 2.75) is 45.2 Å². The van der Waals surface area contributed by atoms with Crippen LogP contribution in [0.25, 0.3) is 0 Å². The minimum Gasteiger partial charge on any atom is -0.508 e. The number of hydrogen-bond donors (Lipinski definition) is 1. The maximum Gasteiger partial charge on any atom is 0.159 e. The predicted octanol–water partition coefficient (Wildman–Crippen LogP) is 2.97. The molecular formula is C16H21NO2. The van der Waals surface area contributed by atoms with Gasteiger partial charge in [0.25, 0.3) is 0 Å². The maximum atomic E-state index is 11.4. The topological polar surface area (TPSA) is 40.5 Å². The van der Waals surface area contributed by atoms with Gasteiger partial charge in [0.15, 0.2) is 5.78 Å². The molecule has 19 heavy (non-hydrogen) atoms. The molecule has 1 aromatic carbocycles. The largest absolute Gasteiger partial charge is 0.508 e. The lowest BCUT2D eigenvalue weighted by molar-refractivity contribution is 0.101. The van der Waals surface area contributed by atoms with Gasteiger partial charge < -0.3 is 5.11 Å². The van der Waals surface area contributed by atoms with Gasteiger partial charge in [0.2, 0.25) is 0 Å². The molecule has 0 radical (unpaired) electrons. The van der Waals surface area contributed by atoms with Gasteiger partial charge in [0, 0.05) is 30.3 Å². The zero-order valence-electron chi connectivity index (χ0n) is 11.4. The Morgan fingerprint density at radius 1 is 1.32 bits per heavy atom. The van der Waals surface area contributed by atoms with E-state index < -0.39 is 0 Å². The molecule has 0 atom stereocenters. The fourth-order valence-corrected chi connectivity index (χ4v) is 2.56. The number of rotatable bonds is 6. The van der Waals surface area contributed by atoms with Gasteiger partial charge in [-0.2, -0.15) is 0 Å². The molecule has 0 aromatic heterocycles. The van der Waals surface area contributed by atoms with Crippen molar-refractivity contribution in [1.29, 1.82) is 0 Å². The van der Waals surface area contributed by atoms with Crippen molar-refractivity contribution in [2.24, 2.45) is 5.92 Å². The molecule has 0 bridgehead atoms. The van der Waals surface area contributed by atoms with Crippen molar-refractivity contribution >= 4 is 5.78 Å². The molecule has 0 heterocycles. The minimum absolute atomic E-state index is 0.0569. The van der Waals surface area contributed by atoms with Crippen molar-refractivity contribution in [3.8, 4) is 5.75 Å². The molecule has 102 valence electrons. The lowest BCUT2D eigenvalue weighted by Gasteiger charge is -2.22. The van der Waals surface area contributed by atoms with Crippen LogP contribution in [0.5, 0.6) is 5.75 Å². The highest BCUT2D eigenvalue weighted by Crippen LogP contribution is 2.36. The first-order chi connectivity index (χ1) is 9.13. The van der Waals surface area contributed by atoms with E-state index in [1.54, 1.807) is 19.1 Å². The number of carbonyl (C=O) groups excluding carboxylic acids is 1. The van der Waals surface area contributed by atoms with Crippen molar-refractivity contribution < 1.29 is 9.90 Å². The molecule has 3 nitrogen and oxygen atoms in total. The molecule has 0 spiro atoms. The SMILES string of the molecule is CC(=O)c1ccc(O)c(CN(CC2CC2)C2CC2)c1. The van der Waals surface area contributed by atoms with Crippen LogP contribution in [0.2, 0.25) is 0 Å². The van der Waals surface area contributed by atoms with E-state index in [0.29, 0.717) is 17.4 Å². The van der Waals surface area contributed by atoms with Gasteiger partial charge >= 0.3 is 0 Å². The Hall–Kier alpha value is -1.35.